The van der Waals surface area contributed by atoms with E-state index in [1.165, 1.54) is 31.2 Å². The van der Waals surface area contributed by atoms with Crippen LogP contribution in [0.15, 0.2) is 64.3 Å². The summed E-state index contributed by atoms with van der Waals surface area (Å²) in [6, 6.07) is 12.8. The summed E-state index contributed by atoms with van der Waals surface area (Å²) in [7, 11) is 0. The molecule has 3 atom stereocenters. The lowest BCUT2D eigenvalue weighted by atomic mass is 10.1. The number of aromatic nitrogens is 2. The Morgan fingerprint density at radius 1 is 1.10 bits per heavy atom. The number of esters is 1. The molecule has 1 aliphatic heterocycles. The maximum absolute atomic E-state index is 14.8. The van der Waals surface area contributed by atoms with Crippen LogP contribution in [0.5, 0.6) is 5.75 Å². The van der Waals surface area contributed by atoms with Crippen LogP contribution in [0, 0.1) is 5.82 Å². The van der Waals surface area contributed by atoms with Gasteiger partial charge in [-0.2, -0.15) is 8.96 Å². The van der Waals surface area contributed by atoms with E-state index >= 15 is 0 Å². The number of carbonyl (C=O) groups excluding carboxylic acids is 2. The topological polar surface area (TPSA) is 115 Å². The highest BCUT2D eigenvalue weighted by atomic mass is 35.5. The molecule has 1 aromatic heterocycles. The van der Waals surface area contributed by atoms with Crippen molar-refractivity contribution in [1.82, 2.24) is 9.13 Å². The second-order valence-electron chi connectivity index (χ2n) is 9.13. The highest BCUT2D eigenvalue weighted by Crippen LogP contribution is 2.31. The van der Waals surface area contributed by atoms with Crippen LogP contribution in [0.2, 0.25) is 5.02 Å². The van der Waals surface area contributed by atoms with Crippen LogP contribution in [0.1, 0.15) is 48.8 Å². The minimum atomic E-state index is -1.39. The molecule has 2 heterocycles. The van der Waals surface area contributed by atoms with Crippen LogP contribution in [0.4, 0.5) is 4.39 Å². The summed E-state index contributed by atoms with van der Waals surface area (Å²) in [5, 5.41) is 0.563. The number of hydrogen-bond donors (Lipinski definition) is 0. The van der Waals surface area contributed by atoms with Crippen molar-refractivity contribution in [3.05, 3.63) is 97.5 Å². The maximum Gasteiger partial charge on any atom is 0.340 e. The van der Waals surface area contributed by atoms with Crippen LogP contribution < -0.4 is 16.0 Å². The van der Waals surface area contributed by atoms with Crippen LogP contribution in [-0.2, 0) is 25.6 Å². The Hall–Kier alpha value is -3.80. The largest absolute Gasteiger partial charge is 0.494 e. The summed E-state index contributed by atoms with van der Waals surface area (Å²) in [4.78, 5) is 50.4. The Morgan fingerprint density at radius 3 is 2.45 bits per heavy atom. The minimum absolute atomic E-state index is 0.00977. The number of nitrogens with zero attached hydrogens (tertiary/aromatic N) is 2. The Balaban J connectivity index is 1.59. The molecule has 0 aliphatic carbocycles. The van der Waals surface area contributed by atoms with E-state index in [1.54, 1.807) is 24.3 Å². The van der Waals surface area contributed by atoms with Crippen molar-refractivity contribution in [2.24, 2.45) is 0 Å². The summed E-state index contributed by atoms with van der Waals surface area (Å²) in [5.74, 6) is -2.36. The standard InChI is InChI=1S/C28H28ClFN2O8/c1-3-12-37-21-10-6-19(7-11-21)26(34)32-27(35)22(30)14-31(28(32)36)25-13-23(24(40-25)16-38-17(2)33)39-15-18-4-8-20(29)9-5-18/h4-11,14,23-25H,3,12-13,15-16H2,1-2H3/t23?,24-,25-/m0/s1. The van der Waals surface area contributed by atoms with Crippen molar-refractivity contribution in [2.75, 3.05) is 13.2 Å². The number of halogens is 2. The SMILES string of the molecule is CCCOc1ccc(C(=O)n2c(=O)c(F)cn([C@@H]3CC(OCc4ccc(Cl)cc4)[C@H](COC(C)=O)O3)c2=O)cc1. The van der Waals surface area contributed by atoms with Crippen molar-refractivity contribution in [3.8, 4) is 5.75 Å². The Labute approximate surface area is 233 Å². The smallest absolute Gasteiger partial charge is 0.340 e. The van der Waals surface area contributed by atoms with Gasteiger partial charge in [0.05, 0.1) is 25.5 Å². The zero-order valence-corrected chi connectivity index (χ0v) is 22.6. The highest BCUT2D eigenvalue weighted by Gasteiger charge is 2.39. The first-order valence-corrected chi connectivity index (χ1v) is 13.0. The molecule has 0 N–H and O–H groups in total. The first-order valence-electron chi connectivity index (χ1n) is 12.6. The molecule has 0 amide bonds. The molecule has 2 aromatic carbocycles. The van der Waals surface area contributed by atoms with Gasteiger partial charge in [-0.15, -0.1) is 0 Å². The third-order valence-corrected chi connectivity index (χ3v) is 6.42. The molecule has 212 valence electrons. The third kappa shape index (κ3) is 6.85. The van der Waals surface area contributed by atoms with Crippen LogP contribution in [-0.4, -0.2) is 46.4 Å². The fraction of sp³-hybridized carbons (Fsp3) is 0.357. The van der Waals surface area contributed by atoms with Gasteiger partial charge < -0.3 is 18.9 Å². The second kappa shape index (κ2) is 13.0. The molecule has 40 heavy (non-hydrogen) atoms. The molecule has 1 aliphatic rings. The van der Waals surface area contributed by atoms with E-state index in [0.717, 1.165) is 16.6 Å². The van der Waals surface area contributed by atoms with Gasteiger partial charge in [-0.25, -0.2) is 4.79 Å². The maximum atomic E-state index is 14.8. The molecular formula is C28H28ClFN2O8. The van der Waals surface area contributed by atoms with Crippen molar-refractivity contribution < 1.29 is 32.9 Å². The zero-order valence-electron chi connectivity index (χ0n) is 21.9. The van der Waals surface area contributed by atoms with Crippen molar-refractivity contribution >= 4 is 23.5 Å². The lowest BCUT2D eigenvalue weighted by Crippen LogP contribution is -2.46. The van der Waals surface area contributed by atoms with Gasteiger partial charge in [0.2, 0.25) is 5.82 Å². The number of ether oxygens (including phenoxy) is 4. The van der Waals surface area contributed by atoms with Gasteiger partial charge in [0.1, 0.15) is 24.7 Å². The molecule has 1 unspecified atom stereocenters. The van der Waals surface area contributed by atoms with Gasteiger partial charge in [0, 0.05) is 23.9 Å². The predicted molar refractivity (Wildman–Crippen MR) is 142 cm³/mol. The lowest BCUT2D eigenvalue weighted by molar-refractivity contribution is -0.148. The fourth-order valence-corrected chi connectivity index (χ4v) is 4.28. The molecule has 0 saturated carbocycles. The Kier molecular flexibility index (Phi) is 9.51. The number of benzene rings is 2. The first-order chi connectivity index (χ1) is 19.2. The summed E-state index contributed by atoms with van der Waals surface area (Å²) < 4.78 is 38.3. The molecule has 0 radical (unpaired) electrons. The highest BCUT2D eigenvalue weighted by molar-refractivity contribution is 6.30. The number of rotatable bonds is 10. The Bertz CT molecular complexity index is 1470. The molecule has 0 bridgehead atoms. The lowest BCUT2D eigenvalue weighted by Gasteiger charge is -2.19. The Morgan fingerprint density at radius 2 is 1.80 bits per heavy atom. The first kappa shape index (κ1) is 29.2. The van der Waals surface area contributed by atoms with Crippen LogP contribution in [0.25, 0.3) is 0 Å². The molecule has 1 fully saturated rings. The van der Waals surface area contributed by atoms with Crippen molar-refractivity contribution in [1.29, 1.82) is 0 Å². The third-order valence-electron chi connectivity index (χ3n) is 6.17. The molecule has 1 saturated heterocycles. The van der Waals surface area contributed by atoms with E-state index in [4.69, 9.17) is 30.5 Å². The molecule has 0 spiro atoms. The zero-order chi connectivity index (χ0) is 28.8. The second-order valence-corrected chi connectivity index (χ2v) is 9.57. The van der Waals surface area contributed by atoms with Gasteiger partial charge in [-0.3, -0.25) is 19.0 Å². The molecule has 3 aromatic rings. The van der Waals surface area contributed by atoms with Gasteiger partial charge in [0.15, 0.2) is 0 Å². The predicted octanol–water partition coefficient (Wildman–Crippen LogP) is 3.72. The van der Waals surface area contributed by atoms with E-state index in [0.29, 0.717) is 23.6 Å². The quantitative estimate of drug-likeness (QED) is 0.337. The van der Waals surface area contributed by atoms with E-state index < -0.39 is 47.4 Å². The van der Waals surface area contributed by atoms with Gasteiger partial charge >= 0.3 is 11.7 Å². The fourth-order valence-electron chi connectivity index (χ4n) is 4.15. The molecule has 4 rings (SSSR count). The van der Waals surface area contributed by atoms with Gasteiger partial charge in [-0.1, -0.05) is 30.7 Å². The van der Waals surface area contributed by atoms with Gasteiger partial charge in [-0.05, 0) is 48.4 Å². The minimum Gasteiger partial charge on any atom is -0.494 e. The summed E-state index contributed by atoms with van der Waals surface area (Å²) in [6.07, 6.45) is -1.04. The average Bonchev–Trinajstić information content (AvgIpc) is 3.35. The molecule has 10 nitrogen and oxygen atoms in total. The molecule has 12 heteroatoms. The van der Waals surface area contributed by atoms with E-state index in [-0.39, 0.29) is 29.8 Å². The molecular weight excluding hydrogens is 547 g/mol. The van der Waals surface area contributed by atoms with Crippen LogP contribution >= 0.6 is 11.6 Å². The van der Waals surface area contributed by atoms with Crippen molar-refractivity contribution in [2.45, 2.75) is 51.7 Å². The van der Waals surface area contributed by atoms with Crippen LogP contribution in [0.3, 0.4) is 0 Å². The van der Waals surface area contributed by atoms with Gasteiger partial charge in [0.25, 0.3) is 11.5 Å². The summed E-state index contributed by atoms with van der Waals surface area (Å²) in [5.41, 5.74) is -1.67. The van der Waals surface area contributed by atoms with E-state index in [9.17, 15) is 23.6 Å². The average molecular weight is 575 g/mol. The number of carbonyl (C=O) groups is 2. The number of hydrogen-bond acceptors (Lipinski definition) is 8. The normalized spacial score (nSPS) is 18.4. The monoisotopic (exact) mass is 574 g/mol. The van der Waals surface area contributed by atoms with E-state index in [1.807, 2.05) is 6.92 Å². The summed E-state index contributed by atoms with van der Waals surface area (Å²) in [6.45, 7) is 3.64. The van der Waals surface area contributed by atoms with E-state index in [2.05, 4.69) is 0 Å². The summed E-state index contributed by atoms with van der Waals surface area (Å²) >= 11 is 5.93. The van der Waals surface area contributed by atoms with Crippen molar-refractivity contribution in [3.63, 3.8) is 0 Å².